The molecule has 96 valence electrons. The van der Waals surface area contributed by atoms with E-state index in [9.17, 15) is 14.9 Å². The van der Waals surface area contributed by atoms with Gasteiger partial charge in [0.2, 0.25) is 6.54 Å². The van der Waals surface area contributed by atoms with E-state index in [2.05, 4.69) is 0 Å². The number of hydrogen-bond donors (Lipinski definition) is 0. The summed E-state index contributed by atoms with van der Waals surface area (Å²) >= 11 is 0. The number of carbonyl (C=O) groups excluding carboxylic acids is 1. The molecule has 0 spiro atoms. The Morgan fingerprint density at radius 2 is 2.00 bits per heavy atom. The largest absolute Gasteiger partial charge is 0.299 e. The molecule has 1 aliphatic carbocycles. The molecule has 0 aromatic heterocycles. The van der Waals surface area contributed by atoms with Crippen molar-refractivity contribution >= 4 is 5.78 Å². The van der Waals surface area contributed by atoms with Gasteiger partial charge in [-0.2, -0.15) is 0 Å². The smallest absolute Gasteiger partial charge is 0.211 e. The van der Waals surface area contributed by atoms with E-state index in [1.165, 1.54) is 0 Å². The van der Waals surface area contributed by atoms with Gasteiger partial charge in [0.05, 0.1) is 5.92 Å². The van der Waals surface area contributed by atoms with Gasteiger partial charge >= 0.3 is 0 Å². The minimum absolute atomic E-state index is 0.152. The van der Waals surface area contributed by atoms with Gasteiger partial charge in [-0.1, -0.05) is 36.8 Å². The van der Waals surface area contributed by atoms with Crippen LogP contribution in [0.5, 0.6) is 0 Å². The maximum absolute atomic E-state index is 12.0. The summed E-state index contributed by atoms with van der Waals surface area (Å²) in [7, 11) is 0. The van der Waals surface area contributed by atoms with Crippen LogP contribution in [0.3, 0.4) is 0 Å². The minimum atomic E-state index is -0.306. The van der Waals surface area contributed by atoms with Gasteiger partial charge in [-0.3, -0.25) is 14.9 Å². The van der Waals surface area contributed by atoms with Crippen LogP contribution >= 0.6 is 0 Å². The van der Waals surface area contributed by atoms with Crippen molar-refractivity contribution in [2.45, 2.75) is 31.6 Å². The number of nitrogens with zero attached hydrogens (tertiary/aromatic N) is 1. The van der Waals surface area contributed by atoms with E-state index in [-0.39, 0.29) is 29.1 Å². The number of benzene rings is 1. The third kappa shape index (κ3) is 2.94. The molecule has 1 aromatic carbocycles. The third-order valence-electron chi connectivity index (χ3n) is 3.66. The first kappa shape index (κ1) is 12.7. The molecule has 4 heteroatoms. The summed E-state index contributed by atoms with van der Waals surface area (Å²) < 4.78 is 0. The molecule has 0 radical (unpaired) electrons. The zero-order valence-corrected chi connectivity index (χ0v) is 10.2. The molecule has 1 fully saturated rings. The molecule has 4 nitrogen and oxygen atoms in total. The summed E-state index contributed by atoms with van der Waals surface area (Å²) in [6.07, 6.45) is 3.28. The molecule has 2 atom stereocenters. The second kappa shape index (κ2) is 5.76. The first-order valence-corrected chi connectivity index (χ1v) is 6.38. The maximum atomic E-state index is 12.0. The van der Waals surface area contributed by atoms with Gasteiger partial charge in [0.15, 0.2) is 0 Å². The van der Waals surface area contributed by atoms with E-state index < -0.39 is 0 Å². The predicted molar refractivity (Wildman–Crippen MR) is 68.0 cm³/mol. The summed E-state index contributed by atoms with van der Waals surface area (Å²) in [5.74, 6) is -0.252. The molecule has 1 aromatic rings. The maximum Gasteiger partial charge on any atom is 0.211 e. The number of ketones is 1. The zero-order valence-electron chi connectivity index (χ0n) is 10.2. The van der Waals surface area contributed by atoms with E-state index in [1.54, 1.807) is 0 Å². The van der Waals surface area contributed by atoms with Gasteiger partial charge < -0.3 is 0 Å². The Balaban J connectivity index is 2.24. The molecule has 2 rings (SSSR count). The van der Waals surface area contributed by atoms with E-state index in [4.69, 9.17) is 0 Å². The summed E-state index contributed by atoms with van der Waals surface area (Å²) in [5, 5.41) is 10.8. The molecule has 0 saturated heterocycles. The van der Waals surface area contributed by atoms with E-state index >= 15 is 0 Å². The van der Waals surface area contributed by atoms with Crippen molar-refractivity contribution < 1.29 is 9.72 Å². The Morgan fingerprint density at radius 3 is 2.61 bits per heavy atom. The quantitative estimate of drug-likeness (QED) is 0.607. The highest BCUT2D eigenvalue weighted by molar-refractivity contribution is 5.82. The highest BCUT2D eigenvalue weighted by Gasteiger charge is 2.34. The van der Waals surface area contributed by atoms with Crippen LogP contribution in [0.15, 0.2) is 30.3 Å². The molecule has 0 amide bonds. The number of rotatable bonds is 4. The summed E-state index contributed by atoms with van der Waals surface area (Å²) in [5.41, 5.74) is 0.912. The van der Waals surface area contributed by atoms with Gasteiger partial charge in [0.1, 0.15) is 5.78 Å². The normalized spacial score (nSPS) is 21.6. The van der Waals surface area contributed by atoms with Crippen LogP contribution in [0.25, 0.3) is 0 Å². The van der Waals surface area contributed by atoms with Crippen LogP contribution < -0.4 is 0 Å². The van der Waals surface area contributed by atoms with Gasteiger partial charge in [-0.15, -0.1) is 0 Å². The van der Waals surface area contributed by atoms with Crippen LogP contribution in [0.4, 0.5) is 0 Å². The van der Waals surface area contributed by atoms with Crippen LogP contribution in [-0.2, 0) is 4.79 Å². The molecule has 0 aliphatic heterocycles. The van der Waals surface area contributed by atoms with Crippen LogP contribution in [-0.4, -0.2) is 17.3 Å². The first-order chi connectivity index (χ1) is 8.68. The monoisotopic (exact) mass is 247 g/mol. The molecule has 0 heterocycles. The van der Waals surface area contributed by atoms with E-state index in [0.29, 0.717) is 6.42 Å². The van der Waals surface area contributed by atoms with Crippen molar-refractivity contribution in [3.05, 3.63) is 46.0 Å². The van der Waals surface area contributed by atoms with Gasteiger partial charge in [0, 0.05) is 17.3 Å². The number of Topliss-reactive ketones (excluding diaryl/α,β-unsaturated/α-hetero) is 1. The van der Waals surface area contributed by atoms with Crippen molar-refractivity contribution in [2.24, 2.45) is 5.92 Å². The SMILES string of the molecule is O=C1CCCC[C@@H]1[C@@H](C[N+](=O)[O-])c1ccccc1. The van der Waals surface area contributed by atoms with Gasteiger partial charge in [-0.05, 0) is 18.4 Å². The summed E-state index contributed by atoms with van der Waals surface area (Å²) in [6.45, 7) is -0.152. The lowest BCUT2D eigenvalue weighted by Crippen LogP contribution is -2.30. The Morgan fingerprint density at radius 1 is 1.28 bits per heavy atom. The second-order valence-corrected chi connectivity index (χ2v) is 4.85. The molecular weight excluding hydrogens is 230 g/mol. The number of nitro groups is 1. The average molecular weight is 247 g/mol. The first-order valence-electron chi connectivity index (χ1n) is 6.38. The lowest BCUT2D eigenvalue weighted by Gasteiger charge is -2.26. The fraction of sp³-hybridized carbons (Fsp3) is 0.500. The fourth-order valence-electron chi connectivity index (χ4n) is 2.76. The molecule has 0 unspecified atom stereocenters. The molecular formula is C14H17NO3. The molecule has 0 N–H and O–H groups in total. The molecule has 18 heavy (non-hydrogen) atoms. The van der Waals surface area contributed by atoms with Gasteiger partial charge in [-0.25, -0.2) is 0 Å². The number of carbonyl (C=O) groups is 1. The lowest BCUT2D eigenvalue weighted by atomic mass is 9.76. The standard InChI is InChI=1S/C14H17NO3/c16-14-9-5-4-8-12(14)13(10-15(17)18)11-6-2-1-3-7-11/h1-3,6-7,12-13H,4-5,8-10H2/t12-,13+/m1/s1. The zero-order chi connectivity index (χ0) is 13.0. The topological polar surface area (TPSA) is 60.2 Å². The summed E-state index contributed by atoms with van der Waals surface area (Å²) in [4.78, 5) is 22.5. The minimum Gasteiger partial charge on any atom is -0.299 e. The van der Waals surface area contributed by atoms with Crippen molar-refractivity contribution in [3.8, 4) is 0 Å². The molecule has 1 aliphatic rings. The Bertz CT molecular complexity index is 430. The van der Waals surface area contributed by atoms with E-state index in [1.807, 2.05) is 30.3 Å². The Labute approximate surface area is 106 Å². The van der Waals surface area contributed by atoms with Crippen molar-refractivity contribution in [2.75, 3.05) is 6.54 Å². The van der Waals surface area contributed by atoms with Crippen LogP contribution in [0.2, 0.25) is 0 Å². The lowest BCUT2D eigenvalue weighted by molar-refractivity contribution is -0.484. The van der Waals surface area contributed by atoms with E-state index in [0.717, 1.165) is 24.8 Å². The Kier molecular flexibility index (Phi) is 4.07. The van der Waals surface area contributed by atoms with Crippen molar-refractivity contribution in [1.29, 1.82) is 0 Å². The van der Waals surface area contributed by atoms with Crippen molar-refractivity contribution in [1.82, 2.24) is 0 Å². The third-order valence-corrected chi connectivity index (χ3v) is 3.66. The highest BCUT2D eigenvalue weighted by Crippen LogP contribution is 2.34. The highest BCUT2D eigenvalue weighted by atomic mass is 16.6. The van der Waals surface area contributed by atoms with Gasteiger partial charge in [0.25, 0.3) is 0 Å². The predicted octanol–water partition coefficient (Wildman–Crippen LogP) is 2.81. The second-order valence-electron chi connectivity index (χ2n) is 4.85. The number of hydrogen-bond acceptors (Lipinski definition) is 3. The van der Waals surface area contributed by atoms with Crippen LogP contribution in [0, 0.1) is 16.0 Å². The fourth-order valence-corrected chi connectivity index (χ4v) is 2.76. The average Bonchev–Trinajstić information content (AvgIpc) is 2.38. The van der Waals surface area contributed by atoms with Crippen molar-refractivity contribution in [3.63, 3.8) is 0 Å². The molecule has 1 saturated carbocycles. The van der Waals surface area contributed by atoms with Crippen LogP contribution in [0.1, 0.15) is 37.2 Å². The Hall–Kier alpha value is -1.71. The molecule has 0 bridgehead atoms. The summed E-state index contributed by atoms with van der Waals surface area (Å²) in [6, 6.07) is 9.40.